The summed E-state index contributed by atoms with van der Waals surface area (Å²) in [4.78, 5) is 7.87. The number of nitrogens with two attached hydrogens (primary N) is 1. The molecule has 1 saturated heterocycles. The smallest absolute Gasteiger partial charge is 0.221 e. The zero-order valence-electron chi connectivity index (χ0n) is 7.94. The highest BCUT2D eigenvalue weighted by Gasteiger charge is 2.14. The van der Waals surface area contributed by atoms with Crippen molar-refractivity contribution in [1.29, 1.82) is 0 Å². The molecule has 0 bridgehead atoms. The molecule has 0 aliphatic carbocycles. The Hall–Kier alpha value is -1.36. The Morgan fingerprint density at radius 3 is 3.29 bits per heavy atom. The van der Waals surface area contributed by atoms with Crippen molar-refractivity contribution in [2.75, 3.05) is 30.8 Å². The van der Waals surface area contributed by atoms with Gasteiger partial charge in [0.2, 0.25) is 5.95 Å². The van der Waals surface area contributed by atoms with Crippen LogP contribution in [0.1, 0.15) is 6.42 Å². The van der Waals surface area contributed by atoms with E-state index in [9.17, 15) is 0 Å². The van der Waals surface area contributed by atoms with Gasteiger partial charge in [-0.2, -0.15) is 4.98 Å². The lowest BCUT2D eigenvalue weighted by Gasteiger charge is -2.09. The van der Waals surface area contributed by atoms with Gasteiger partial charge in [-0.1, -0.05) is 0 Å². The molecule has 76 valence electrons. The van der Waals surface area contributed by atoms with E-state index in [1.165, 1.54) is 0 Å². The molecule has 1 atom stereocenters. The fraction of sp³-hybridized carbons (Fsp3) is 0.556. The average molecular weight is 194 g/mol. The molecule has 1 aliphatic rings. The molecule has 1 aliphatic heterocycles. The fourth-order valence-corrected chi connectivity index (χ4v) is 1.47. The molecule has 0 saturated carbocycles. The van der Waals surface area contributed by atoms with Gasteiger partial charge in [0.05, 0.1) is 6.61 Å². The van der Waals surface area contributed by atoms with Gasteiger partial charge in [-0.3, -0.25) is 0 Å². The van der Waals surface area contributed by atoms with E-state index in [1.54, 1.807) is 6.20 Å². The van der Waals surface area contributed by atoms with Gasteiger partial charge in [-0.25, -0.2) is 4.98 Å². The van der Waals surface area contributed by atoms with Gasteiger partial charge in [0, 0.05) is 25.3 Å². The predicted octanol–water partition coefficient (Wildman–Crippen LogP) is 0.507. The van der Waals surface area contributed by atoms with Crippen molar-refractivity contribution >= 4 is 11.8 Å². The highest BCUT2D eigenvalue weighted by atomic mass is 16.5. The van der Waals surface area contributed by atoms with Crippen LogP contribution in [0.5, 0.6) is 0 Å². The molecule has 0 aromatic carbocycles. The molecule has 0 radical (unpaired) electrons. The first-order chi connectivity index (χ1) is 6.84. The Morgan fingerprint density at radius 1 is 1.64 bits per heavy atom. The first-order valence-corrected chi connectivity index (χ1v) is 4.75. The third-order valence-corrected chi connectivity index (χ3v) is 2.27. The second kappa shape index (κ2) is 4.23. The molecule has 5 heteroatoms. The summed E-state index contributed by atoms with van der Waals surface area (Å²) in [5.74, 6) is 1.67. The van der Waals surface area contributed by atoms with Gasteiger partial charge in [0.1, 0.15) is 5.82 Å². The van der Waals surface area contributed by atoms with Crippen LogP contribution in [0, 0.1) is 5.92 Å². The minimum atomic E-state index is 0.303. The molecule has 2 rings (SSSR count). The third-order valence-electron chi connectivity index (χ3n) is 2.27. The van der Waals surface area contributed by atoms with E-state index in [2.05, 4.69) is 15.3 Å². The normalized spacial score (nSPS) is 21.0. The zero-order chi connectivity index (χ0) is 9.80. The maximum Gasteiger partial charge on any atom is 0.221 e. The van der Waals surface area contributed by atoms with E-state index in [-0.39, 0.29) is 0 Å². The minimum absolute atomic E-state index is 0.303. The predicted molar refractivity (Wildman–Crippen MR) is 53.9 cm³/mol. The van der Waals surface area contributed by atoms with Crippen molar-refractivity contribution in [3.63, 3.8) is 0 Å². The Kier molecular flexibility index (Phi) is 2.78. The summed E-state index contributed by atoms with van der Waals surface area (Å²) in [6.45, 7) is 2.60. The van der Waals surface area contributed by atoms with Gasteiger partial charge in [-0.05, 0) is 12.5 Å². The lowest BCUT2D eigenvalue weighted by Crippen LogP contribution is -2.15. The van der Waals surface area contributed by atoms with E-state index in [1.807, 2.05) is 6.07 Å². The van der Waals surface area contributed by atoms with Gasteiger partial charge in [0.15, 0.2) is 0 Å². The number of rotatable bonds is 3. The van der Waals surface area contributed by atoms with E-state index in [0.717, 1.165) is 32.0 Å². The fourth-order valence-electron chi connectivity index (χ4n) is 1.47. The zero-order valence-corrected chi connectivity index (χ0v) is 7.94. The number of ether oxygens (including phenoxy) is 1. The Labute approximate surface area is 82.7 Å². The monoisotopic (exact) mass is 194 g/mol. The summed E-state index contributed by atoms with van der Waals surface area (Å²) >= 11 is 0. The molecule has 5 nitrogen and oxygen atoms in total. The number of aromatic nitrogens is 2. The SMILES string of the molecule is Nc1nccc(NCC2CCOC2)n1. The highest BCUT2D eigenvalue weighted by molar-refractivity contribution is 5.37. The van der Waals surface area contributed by atoms with Crippen molar-refractivity contribution in [1.82, 2.24) is 9.97 Å². The molecule has 1 unspecified atom stereocenters. The summed E-state index contributed by atoms with van der Waals surface area (Å²) in [5, 5.41) is 3.22. The highest BCUT2D eigenvalue weighted by Crippen LogP contribution is 2.13. The minimum Gasteiger partial charge on any atom is -0.381 e. The van der Waals surface area contributed by atoms with Crippen molar-refractivity contribution in [2.45, 2.75) is 6.42 Å². The molecular weight excluding hydrogens is 180 g/mol. The van der Waals surface area contributed by atoms with Gasteiger partial charge >= 0.3 is 0 Å². The largest absolute Gasteiger partial charge is 0.381 e. The van der Waals surface area contributed by atoms with E-state index in [0.29, 0.717) is 11.9 Å². The van der Waals surface area contributed by atoms with Crippen LogP contribution in [0.2, 0.25) is 0 Å². The summed E-state index contributed by atoms with van der Waals surface area (Å²) in [7, 11) is 0. The Bertz CT molecular complexity index is 299. The maximum absolute atomic E-state index is 5.46. The Morgan fingerprint density at radius 2 is 2.57 bits per heavy atom. The lowest BCUT2D eigenvalue weighted by atomic mass is 10.1. The summed E-state index contributed by atoms with van der Waals surface area (Å²) in [5.41, 5.74) is 5.46. The number of nitrogens with one attached hydrogen (secondary N) is 1. The number of nitrogens with zero attached hydrogens (tertiary/aromatic N) is 2. The number of anilines is 2. The molecule has 3 N–H and O–H groups in total. The summed E-state index contributed by atoms with van der Waals surface area (Å²) < 4.78 is 5.27. The third kappa shape index (κ3) is 2.32. The van der Waals surface area contributed by atoms with Crippen molar-refractivity contribution < 1.29 is 4.74 Å². The topological polar surface area (TPSA) is 73.1 Å². The van der Waals surface area contributed by atoms with Gasteiger partial charge in [0.25, 0.3) is 0 Å². The second-order valence-corrected chi connectivity index (χ2v) is 3.41. The molecule has 1 fully saturated rings. The van der Waals surface area contributed by atoms with Crippen LogP contribution in [0.15, 0.2) is 12.3 Å². The summed E-state index contributed by atoms with van der Waals surface area (Å²) in [6, 6.07) is 1.81. The number of hydrogen-bond acceptors (Lipinski definition) is 5. The number of nitrogen functional groups attached to an aromatic ring is 1. The van der Waals surface area contributed by atoms with E-state index >= 15 is 0 Å². The summed E-state index contributed by atoms with van der Waals surface area (Å²) in [6.07, 6.45) is 2.77. The molecule has 1 aromatic rings. The average Bonchev–Trinajstić information content (AvgIpc) is 2.67. The van der Waals surface area contributed by atoms with Crippen LogP contribution in [0.25, 0.3) is 0 Å². The molecule has 1 aromatic heterocycles. The van der Waals surface area contributed by atoms with Crippen molar-refractivity contribution in [3.8, 4) is 0 Å². The quantitative estimate of drug-likeness (QED) is 0.733. The van der Waals surface area contributed by atoms with Crippen LogP contribution in [-0.2, 0) is 4.74 Å². The van der Waals surface area contributed by atoms with E-state index < -0.39 is 0 Å². The van der Waals surface area contributed by atoms with Crippen LogP contribution < -0.4 is 11.1 Å². The van der Waals surface area contributed by atoms with Gasteiger partial charge in [-0.15, -0.1) is 0 Å². The van der Waals surface area contributed by atoms with Crippen LogP contribution in [-0.4, -0.2) is 29.7 Å². The molecule has 2 heterocycles. The lowest BCUT2D eigenvalue weighted by molar-refractivity contribution is 0.187. The second-order valence-electron chi connectivity index (χ2n) is 3.41. The molecular formula is C9H14N4O. The van der Waals surface area contributed by atoms with Crippen LogP contribution in [0.4, 0.5) is 11.8 Å². The number of hydrogen-bond donors (Lipinski definition) is 2. The first kappa shape index (κ1) is 9.21. The van der Waals surface area contributed by atoms with Crippen LogP contribution in [0.3, 0.4) is 0 Å². The van der Waals surface area contributed by atoms with Gasteiger partial charge < -0.3 is 15.8 Å². The Balaban J connectivity index is 1.85. The standard InChI is InChI=1S/C9H14N4O/c10-9-11-3-1-8(13-9)12-5-7-2-4-14-6-7/h1,3,7H,2,4-6H2,(H3,10,11,12,13). The maximum atomic E-state index is 5.46. The molecule has 0 spiro atoms. The van der Waals surface area contributed by atoms with E-state index in [4.69, 9.17) is 10.5 Å². The van der Waals surface area contributed by atoms with Crippen LogP contribution >= 0.6 is 0 Å². The molecule has 0 amide bonds. The van der Waals surface area contributed by atoms with Crippen molar-refractivity contribution in [2.24, 2.45) is 5.92 Å². The van der Waals surface area contributed by atoms with Crippen molar-refractivity contribution in [3.05, 3.63) is 12.3 Å². The molecule has 14 heavy (non-hydrogen) atoms. The first-order valence-electron chi connectivity index (χ1n) is 4.75.